The summed E-state index contributed by atoms with van der Waals surface area (Å²) in [5, 5.41) is 7.02. The fraction of sp³-hybridized carbons (Fsp3) is 0.158. The summed E-state index contributed by atoms with van der Waals surface area (Å²) in [5.74, 6) is 1.00. The average molecular weight is 337 g/mol. The van der Waals surface area contributed by atoms with Gasteiger partial charge in [-0.25, -0.2) is 0 Å². The number of rotatable bonds is 5. The second-order valence-electron chi connectivity index (χ2n) is 5.50. The molecule has 1 aromatic heterocycles. The van der Waals surface area contributed by atoms with Crippen LogP contribution < -0.4 is 14.8 Å². The molecule has 0 atom stereocenters. The first-order valence-corrected chi connectivity index (χ1v) is 7.73. The quantitative estimate of drug-likeness (QED) is 0.775. The highest BCUT2D eigenvalue weighted by Gasteiger charge is 2.14. The second kappa shape index (κ2) is 7.09. The van der Waals surface area contributed by atoms with Crippen LogP contribution in [0.25, 0.3) is 11.1 Å². The van der Waals surface area contributed by atoms with Crippen LogP contribution in [-0.4, -0.2) is 29.9 Å². The number of aryl methyl sites for hydroxylation is 1. The lowest BCUT2D eigenvalue weighted by Gasteiger charge is -2.11. The summed E-state index contributed by atoms with van der Waals surface area (Å²) in [6, 6.07) is 12.6. The Kier molecular flexibility index (Phi) is 4.70. The Hall–Kier alpha value is -3.28. The van der Waals surface area contributed by atoms with Gasteiger partial charge in [-0.3, -0.25) is 9.48 Å². The molecule has 0 spiro atoms. The van der Waals surface area contributed by atoms with Crippen molar-refractivity contribution in [2.75, 3.05) is 19.5 Å². The van der Waals surface area contributed by atoms with Gasteiger partial charge in [0.25, 0.3) is 5.91 Å². The van der Waals surface area contributed by atoms with Gasteiger partial charge in [0, 0.05) is 24.5 Å². The molecule has 6 heteroatoms. The number of nitrogens with one attached hydrogen (secondary N) is 1. The molecular formula is C19H19N3O3. The number of amides is 1. The molecule has 0 unspecified atom stereocenters. The van der Waals surface area contributed by atoms with Gasteiger partial charge in [-0.15, -0.1) is 0 Å². The first-order chi connectivity index (χ1) is 12.1. The minimum absolute atomic E-state index is 0.236. The van der Waals surface area contributed by atoms with E-state index in [0.29, 0.717) is 17.0 Å². The molecule has 0 radical (unpaired) electrons. The minimum Gasteiger partial charge on any atom is -0.497 e. The number of hydrogen-bond acceptors (Lipinski definition) is 4. The van der Waals surface area contributed by atoms with E-state index >= 15 is 0 Å². The summed E-state index contributed by atoms with van der Waals surface area (Å²) < 4.78 is 12.2. The standard InChI is InChI=1S/C19H19N3O3/c1-22-12-14(11-20-22)13-4-9-17(18(10-13)25-3)19(23)21-15-5-7-16(24-2)8-6-15/h4-12H,1-3H3,(H,21,23). The maximum Gasteiger partial charge on any atom is 0.259 e. The van der Waals surface area contributed by atoms with Gasteiger partial charge in [0.15, 0.2) is 0 Å². The van der Waals surface area contributed by atoms with Crippen molar-refractivity contribution in [1.29, 1.82) is 0 Å². The highest BCUT2D eigenvalue weighted by Crippen LogP contribution is 2.28. The van der Waals surface area contributed by atoms with Crippen molar-refractivity contribution in [2.24, 2.45) is 7.05 Å². The molecule has 0 fully saturated rings. The van der Waals surface area contributed by atoms with Gasteiger partial charge in [0.1, 0.15) is 11.5 Å². The third-order valence-corrected chi connectivity index (χ3v) is 3.83. The van der Waals surface area contributed by atoms with Gasteiger partial charge in [-0.2, -0.15) is 5.10 Å². The van der Waals surface area contributed by atoms with Crippen molar-refractivity contribution >= 4 is 11.6 Å². The first-order valence-electron chi connectivity index (χ1n) is 7.73. The van der Waals surface area contributed by atoms with Crippen LogP contribution in [0.15, 0.2) is 54.9 Å². The van der Waals surface area contributed by atoms with Crippen LogP contribution >= 0.6 is 0 Å². The van der Waals surface area contributed by atoms with Crippen molar-refractivity contribution in [3.63, 3.8) is 0 Å². The van der Waals surface area contributed by atoms with Crippen molar-refractivity contribution in [3.05, 3.63) is 60.4 Å². The van der Waals surface area contributed by atoms with E-state index in [4.69, 9.17) is 9.47 Å². The lowest BCUT2D eigenvalue weighted by molar-refractivity contribution is 0.102. The van der Waals surface area contributed by atoms with E-state index in [1.807, 2.05) is 25.4 Å². The van der Waals surface area contributed by atoms with Crippen LogP contribution in [0, 0.1) is 0 Å². The molecule has 0 saturated heterocycles. The van der Waals surface area contributed by atoms with Crippen molar-refractivity contribution < 1.29 is 14.3 Å². The van der Waals surface area contributed by atoms with E-state index < -0.39 is 0 Å². The lowest BCUT2D eigenvalue weighted by atomic mass is 10.1. The summed E-state index contributed by atoms with van der Waals surface area (Å²) in [6.45, 7) is 0. The Labute approximate surface area is 146 Å². The lowest BCUT2D eigenvalue weighted by Crippen LogP contribution is -2.13. The van der Waals surface area contributed by atoms with E-state index in [1.165, 1.54) is 0 Å². The molecule has 6 nitrogen and oxygen atoms in total. The fourth-order valence-corrected chi connectivity index (χ4v) is 2.50. The number of anilines is 1. The van der Waals surface area contributed by atoms with Gasteiger partial charge in [0.05, 0.1) is 26.0 Å². The number of hydrogen-bond donors (Lipinski definition) is 1. The number of ether oxygens (including phenoxy) is 2. The Morgan fingerprint density at radius 3 is 2.40 bits per heavy atom. The van der Waals surface area contributed by atoms with Crippen LogP contribution in [0.3, 0.4) is 0 Å². The minimum atomic E-state index is -0.236. The second-order valence-corrected chi connectivity index (χ2v) is 5.50. The topological polar surface area (TPSA) is 65.4 Å². The molecule has 1 heterocycles. The molecule has 1 N–H and O–H groups in total. The van der Waals surface area contributed by atoms with Crippen molar-refractivity contribution in [3.8, 4) is 22.6 Å². The van der Waals surface area contributed by atoms with Crippen LogP contribution in [0.1, 0.15) is 10.4 Å². The highest BCUT2D eigenvalue weighted by molar-refractivity contribution is 6.06. The van der Waals surface area contributed by atoms with Crippen LogP contribution in [0.4, 0.5) is 5.69 Å². The van der Waals surface area contributed by atoms with Gasteiger partial charge in [-0.05, 0) is 42.0 Å². The van der Waals surface area contributed by atoms with Crippen LogP contribution in [0.5, 0.6) is 11.5 Å². The third-order valence-electron chi connectivity index (χ3n) is 3.83. The molecule has 0 aliphatic rings. The molecule has 25 heavy (non-hydrogen) atoms. The number of benzene rings is 2. The zero-order valence-electron chi connectivity index (χ0n) is 14.3. The molecule has 0 aliphatic carbocycles. The Balaban J connectivity index is 1.84. The summed E-state index contributed by atoms with van der Waals surface area (Å²) in [4.78, 5) is 12.6. The van der Waals surface area contributed by atoms with Crippen molar-refractivity contribution in [2.45, 2.75) is 0 Å². The molecule has 1 amide bonds. The van der Waals surface area contributed by atoms with Crippen molar-refractivity contribution in [1.82, 2.24) is 9.78 Å². The normalized spacial score (nSPS) is 10.4. The number of methoxy groups -OCH3 is 2. The van der Waals surface area contributed by atoms with E-state index in [9.17, 15) is 4.79 Å². The molecule has 2 aromatic carbocycles. The summed E-state index contributed by atoms with van der Waals surface area (Å²) in [7, 11) is 5.01. The van der Waals surface area contributed by atoms with E-state index in [0.717, 1.165) is 16.9 Å². The summed E-state index contributed by atoms with van der Waals surface area (Å²) in [6.07, 6.45) is 3.68. The molecule has 0 saturated carbocycles. The molecule has 0 aliphatic heterocycles. The number of nitrogens with zero attached hydrogens (tertiary/aromatic N) is 2. The van der Waals surface area contributed by atoms with E-state index in [2.05, 4.69) is 10.4 Å². The molecule has 0 bridgehead atoms. The summed E-state index contributed by atoms with van der Waals surface area (Å²) in [5.41, 5.74) is 3.05. The molecule has 3 rings (SSSR count). The number of aromatic nitrogens is 2. The molecule has 3 aromatic rings. The highest BCUT2D eigenvalue weighted by atomic mass is 16.5. The molecule has 128 valence electrons. The summed E-state index contributed by atoms with van der Waals surface area (Å²) >= 11 is 0. The van der Waals surface area contributed by atoms with Gasteiger partial charge >= 0.3 is 0 Å². The number of carbonyl (C=O) groups is 1. The maximum absolute atomic E-state index is 12.6. The monoisotopic (exact) mass is 337 g/mol. The van der Waals surface area contributed by atoms with E-state index in [1.54, 1.807) is 55.4 Å². The first kappa shape index (κ1) is 16.6. The Morgan fingerprint density at radius 2 is 1.80 bits per heavy atom. The Morgan fingerprint density at radius 1 is 1.04 bits per heavy atom. The predicted octanol–water partition coefficient (Wildman–Crippen LogP) is 3.36. The molecular weight excluding hydrogens is 318 g/mol. The largest absolute Gasteiger partial charge is 0.497 e. The maximum atomic E-state index is 12.6. The Bertz CT molecular complexity index is 885. The number of carbonyl (C=O) groups excluding carboxylic acids is 1. The fourth-order valence-electron chi connectivity index (χ4n) is 2.50. The van der Waals surface area contributed by atoms with Gasteiger partial charge in [0.2, 0.25) is 0 Å². The third kappa shape index (κ3) is 3.63. The predicted molar refractivity (Wildman–Crippen MR) is 96.1 cm³/mol. The SMILES string of the molecule is COc1ccc(NC(=O)c2ccc(-c3cnn(C)c3)cc2OC)cc1. The smallest absolute Gasteiger partial charge is 0.259 e. The van der Waals surface area contributed by atoms with Gasteiger partial charge in [-0.1, -0.05) is 6.07 Å². The van der Waals surface area contributed by atoms with Gasteiger partial charge < -0.3 is 14.8 Å². The van der Waals surface area contributed by atoms with Crippen LogP contribution in [0.2, 0.25) is 0 Å². The zero-order chi connectivity index (χ0) is 17.8. The average Bonchev–Trinajstić information content (AvgIpc) is 3.08. The zero-order valence-corrected chi connectivity index (χ0v) is 14.3. The van der Waals surface area contributed by atoms with Crippen LogP contribution in [-0.2, 0) is 7.05 Å². The van der Waals surface area contributed by atoms with E-state index in [-0.39, 0.29) is 5.91 Å².